The second-order valence-corrected chi connectivity index (χ2v) is 5.52. The van der Waals surface area contributed by atoms with Gasteiger partial charge in [-0.15, -0.1) is 0 Å². The summed E-state index contributed by atoms with van der Waals surface area (Å²) >= 11 is 5.21. The van der Waals surface area contributed by atoms with Crippen molar-refractivity contribution in [2.45, 2.75) is 39.0 Å². The summed E-state index contributed by atoms with van der Waals surface area (Å²) < 4.78 is 0.687. The summed E-state index contributed by atoms with van der Waals surface area (Å²) in [6.07, 6.45) is 3.62. The normalized spacial score (nSPS) is 14.9. The van der Waals surface area contributed by atoms with Gasteiger partial charge in [0.15, 0.2) is 0 Å². The second-order valence-electron chi connectivity index (χ2n) is 5.10. The van der Waals surface area contributed by atoms with Gasteiger partial charge in [0.05, 0.1) is 0 Å². The molecule has 1 saturated carbocycles. The predicted molar refractivity (Wildman–Crippen MR) is 82.3 cm³/mol. The molecule has 0 atom stereocenters. The van der Waals surface area contributed by atoms with Gasteiger partial charge in [-0.05, 0) is 38.9 Å². The number of rotatable bonds is 8. The van der Waals surface area contributed by atoms with E-state index < -0.39 is 0 Å². The fourth-order valence-electron chi connectivity index (χ4n) is 2.19. The molecule has 0 aliphatic heterocycles. The van der Waals surface area contributed by atoms with Crippen molar-refractivity contribution in [3.05, 3.63) is 16.5 Å². The monoisotopic (exact) mass is 280 g/mol. The third-order valence-corrected chi connectivity index (χ3v) is 3.80. The third-order valence-electron chi connectivity index (χ3n) is 3.59. The van der Waals surface area contributed by atoms with Crippen molar-refractivity contribution in [1.82, 2.24) is 14.9 Å². The van der Waals surface area contributed by atoms with Crippen LogP contribution >= 0.6 is 12.2 Å². The summed E-state index contributed by atoms with van der Waals surface area (Å²) in [5, 5.41) is 3.42. The molecule has 5 heteroatoms. The first-order chi connectivity index (χ1) is 9.22. The highest BCUT2D eigenvalue weighted by molar-refractivity contribution is 7.71. The van der Waals surface area contributed by atoms with Crippen LogP contribution in [0.1, 0.15) is 44.9 Å². The van der Waals surface area contributed by atoms with Crippen LogP contribution in [0.3, 0.4) is 0 Å². The van der Waals surface area contributed by atoms with Crippen LogP contribution in [0.15, 0.2) is 6.07 Å². The Morgan fingerprint density at radius 1 is 1.42 bits per heavy atom. The Morgan fingerprint density at radius 3 is 2.79 bits per heavy atom. The summed E-state index contributed by atoms with van der Waals surface area (Å²) in [5.41, 5.74) is 0. The topological polar surface area (TPSA) is 44.0 Å². The zero-order valence-corrected chi connectivity index (χ0v) is 12.7. The number of nitrogens with zero attached hydrogens (tertiary/aromatic N) is 2. The fourth-order valence-corrected chi connectivity index (χ4v) is 2.40. The number of aromatic amines is 1. The van der Waals surface area contributed by atoms with Crippen molar-refractivity contribution < 1.29 is 0 Å². The molecule has 0 bridgehead atoms. The van der Waals surface area contributed by atoms with E-state index >= 15 is 0 Å². The number of nitrogens with one attached hydrogen (secondary N) is 2. The van der Waals surface area contributed by atoms with Crippen LogP contribution in [-0.4, -0.2) is 41.0 Å². The molecule has 1 aliphatic rings. The predicted octanol–water partition coefficient (Wildman–Crippen LogP) is 3.16. The number of H-pyrrole nitrogens is 1. The van der Waals surface area contributed by atoms with E-state index in [4.69, 9.17) is 12.2 Å². The highest BCUT2D eigenvalue weighted by atomic mass is 32.1. The summed E-state index contributed by atoms with van der Waals surface area (Å²) in [6.45, 7) is 8.77. The molecule has 2 N–H and O–H groups in total. The summed E-state index contributed by atoms with van der Waals surface area (Å²) in [7, 11) is 0. The zero-order chi connectivity index (χ0) is 13.7. The minimum absolute atomic E-state index is 0.610. The maximum absolute atomic E-state index is 5.21. The van der Waals surface area contributed by atoms with E-state index in [0.29, 0.717) is 10.6 Å². The van der Waals surface area contributed by atoms with Crippen molar-refractivity contribution in [3.63, 3.8) is 0 Å². The second kappa shape index (κ2) is 7.01. The Kier molecular flexibility index (Phi) is 5.34. The van der Waals surface area contributed by atoms with Crippen LogP contribution < -0.4 is 5.32 Å². The van der Waals surface area contributed by atoms with E-state index in [1.807, 2.05) is 6.07 Å². The SMILES string of the molecule is CCN(CC)CCCNc1cc(=S)nc(C2CC2)[nH]1. The number of aromatic nitrogens is 2. The lowest BCUT2D eigenvalue weighted by Crippen LogP contribution is -2.25. The van der Waals surface area contributed by atoms with E-state index in [9.17, 15) is 0 Å². The minimum Gasteiger partial charge on any atom is -0.371 e. The average molecular weight is 280 g/mol. The van der Waals surface area contributed by atoms with Crippen LogP contribution in [0.5, 0.6) is 0 Å². The molecule has 1 heterocycles. The van der Waals surface area contributed by atoms with Crippen molar-refractivity contribution >= 4 is 18.0 Å². The van der Waals surface area contributed by atoms with Crippen LogP contribution in [0.4, 0.5) is 5.82 Å². The van der Waals surface area contributed by atoms with Crippen molar-refractivity contribution in [3.8, 4) is 0 Å². The van der Waals surface area contributed by atoms with E-state index in [1.165, 1.54) is 12.8 Å². The maximum atomic E-state index is 5.21. The van der Waals surface area contributed by atoms with Crippen LogP contribution in [0.25, 0.3) is 0 Å². The van der Waals surface area contributed by atoms with Gasteiger partial charge >= 0.3 is 0 Å². The minimum atomic E-state index is 0.610. The Balaban J connectivity index is 1.80. The molecular weight excluding hydrogens is 256 g/mol. The fraction of sp³-hybridized carbons (Fsp3) is 0.714. The lowest BCUT2D eigenvalue weighted by atomic mass is 10.3. The van der Waals surface area contributed by atoms with Crippen molar-refractivity contribution in [2.75, 3.05) is 31.5 Å². The van der Waals surface area contributed by atoms with Crippen molar-refractivity contribution in [2.24, 2.45) is 0 Å². The molecule has 0 saturated heterocycles. The molecule has 2 rings (SSSR count). The van der Waals surface area contributed by atoms with Gasteiger partial charge in [0.25, 0.3) is 0 Å². The molecule has 0 spiro atoms. The molecule has 1 aromatic rings. The Bertz CT molecular complexity index is 449. The first-order valence-corrected chi connectivity index (χ1v) is 7.71. The zero-order valence-electron chi connectivity index (χ0n) is 11.9. The van der Waals surface area contributed by atoms with Gasteiger partial charge in [-0.25, -0.2) is 4.98 Å². The molecule has 19 heavy (non-hydrogen) atoms. The van der Waals surface area contributed by atoms with Gasteiger partial charge in [-0.1, -0.05) is 26.1 Å². The molecule has 1 fully saturated rings. The molecule has 0 unspecified atom stereocenters. The third kappa shape index (κ3) is 4.58. The summed E-state index contributed by atoms with van der Waals surface area (Å²) in [6, 6.07) is 1.92. The van der Waals surface area contributed by atoms with Crippen LogP contribution in [0.2, 0.25) is 0 Å². The smallest absolute Gasteiger partial charge is 0.131 e. The molecule has 1 aliphatic carbocycles. The summed E-state index contributed by atoms with van der Waals surface area (Å²) in [5.74, 6) is 2.68. The quantitative estimate of drug-likeness (QED) is 0.567. The highest BCUT2D eigenvalue weighted by Crippen LogP contribution is 2.38. The number of anilines is 1. The number of hydrogen-bond acceptors (Lipinski definition) is 4. The first kappa shape index (κ1) is 14.5. The van der Waals surface area contributed by atoms with Crippen LogP contribution in [-0.2, 0) is 0 Å². The van der Waals surface area contributed by atoms with Gasteiger partial charge in [-0.2, -0.15) is 0 Å². The highest BCUT2D eigenvalue weighted by Gasteiger charge is 2.25. The molecule has 0 aromatic carbocycles. The molecule has 4 nitrogen and oxygen atoms in total. The first-order valence-electron chi connectivity index (χ1n) is 7.30. The van der Waals surface area contributed by atoms with Gasteiger partial charge < -0.3 is 15.2 Å². The van der Waals surface area contributed by atoms with Gasteiger partial charge in [-0.3, -0.25) is 0 Å². The van der Waals surface area contributed by atoms with E-state index in [-0.39, 0.29) is 0 Å². The Morgan fingerprint density at radius 2 is 2.16 bits per heavy atom. The number of hydrogen-bond donors (Lipinski definition) is 2. The average Bonchev–Trinajstić information content (AvgIpc) is 3.23. The maximum Gasteiger partial charge on any atom is 0.131 e. The molecule has 0 radical (unpaired) electrons. The molecule has 106 valence electrons. The standard InChI is InChI=1S/C14H24N4S/c1-3-18(4-2)9-5-8-15-12-10-13(19)17-14(16-12)11-6-7-11/h10-11H,3-9H2,1-2H3,(H2,15,16,17,19). The largest absolute Gasteiger partial charge is 0.371 e. The summed E-state index contributed by atoms with van der Waals surface area (Å²) in [4.78, 5) is 10.2. The van der Waals surface area contributed by atoms with Gasteiger partial charge in [0.2, 0.25) is 0 Å². The Hall–Kier alpha value is -0.940. The van der Waals surface area contributed by atoms with E-state index in [0.717, 1.165) is 44.2 Å². The van der Waals surface area contributed by atoms with Gasteiger partial charge in [0.1, 0.15) is 16.3 Å². The van der Waals surface area contributed by atoms with Crippen LogP contribution in [0, 0.1) is 4.64 Å². The lowest BCUT2D eigenvalue weighted by Gasteiger charge is -2.18. The Labute approximate surface area is 120 Å². The van der Waals surface area contributed by atoms with Gasteiger partial charge in [0, 0.05) is 18.5 Å². The van der Waals surface area contributed by atoms with Crippen molar-refractivity contribution in [1.29, 1.82) is 0 Å². The molecular formula is C14H24N4S. The molecule has 0 amide bonds. The lowest BCUT2D eigenvalue weighted by molar-refractivity contribution is 0.303. The molecule has 1 aromatic heterocycles. The van der Waals surface area contributed by atoms with E-state index in [2.05, 4.69) is 34.0 Å². The van der Waals surface area contributed by atoms with E-state index in [1.54, 1.807) is 0 Å².